The van der Waals surface area contributed by atoms with Crippen LogP contribution in [0.3, 0.4) is 0 Å². The molecule has 2 aliphatic rings. The Balaban J connectivity index is 1.83. The number of rotatable bonds is 3. The molecule has 0 amide bonds. The number of hydrogen-bond acceptors (Lipinski definition) is 2. The van der Waals surface area contributed by atoms with E-state index in [1.54, 1.807) is 0 Å². The molecule has 0 aromatic heterocycles. The number of halogens is 1. The van der Waals surface area contributed by atoms with E-state index in [0.29, 0.717) is 6.04 Å². The number of aryl methyl sites for hydroxylation is 1. The lowest BCUT2D eigenvalue weighted by Crippen LogP contribution is -2.37. The van der Waals surface area contributed by atoms with Gasteiger partial charge in [0.25, 0.3) is 0 Å². The molecule has 0 radical (unpaired) electrons. The first-order chi connectivity index (χ1) is 7.72. The van der Waals surface area contributed by atoms with Gasteiger partial charge in [-0.05, 0) is 48.9 Å². The number of benzene rings is 1. The highest BCUT2D eigenvalue weighted by Crippen LogP contribution is 2.41. The first-order valence-electron chi connectivity index (χ1n) is 5.89. The Bertz CT molecular complexity index is 414. The minimum Gasteiger partial charge on any atom is -0.394 e. The molecular formula is C13H16ClNO. The van der Waals surface area contributed by atoms with Gasteiger partial charge in [0.15, 0.2) is 0 Å². The average Bonchev–Trinajstić information content (AvgIpc) is 2.96. The molecule has 2 N–H and O–H groups in total. The summed E-state index contributed by atoms with van der Waals surface area (Å²) in [5, 5.41) is 13.7. The Labute approximate surface area is 101 Å². The molecule has 0 spiro atoms. The van der Waals surface area contributed by atoms with Crippen LogP contribution in [0, 0.1) is 0 Å². The van der Waals surface area contributed by atoms with E-state index in [1.807, 2.05) is 6.07 Å². The molecule has 1 aromatic rings. The lowest BCUT2D eigenvalue weighted by atomic mass is 10.1. The Morgan fingerprint density at radius 1 is 1.44 bits per heavy atom. The molecule has 1 fully saturated rings. The molecule has 1 saturated carbocycles. The van der Waals surface area contributed by atoms with Gasteiger partial charge in [0.2, 0.25) is 0 Å². The molecule has 3 heteroatoms. The topological polar surface area (TPSA) is 32.3 Å². The van der Waals surface area contributed by atoms with E-state index in [-0.39, 0.29) is 12.1 Å². The first-order valence-corrected chi connectivity index (χ1v) is 6.27. The number of nitrogens with one attached hydrogen (secondary N) is 1. The molecule has 1 unspecified atom stereocenters. The summed E-state index contributed by atoms with van der Waals surface area (Å²) >= 11 is 6.03. The Morgan fingerprint density at radius 3 is 2.94 bits per heavy atom. The van der Waals surface area contributed by atoms with Crippen molar-refractivity contribution in [1.82, 2.24) is 5.32 Å². The van der Waals surface area contributed by atoms with Crippen LogP contribution in [0.25, 0.3) is 0 Å². The van der Waals surface area contributed by atoms with Crippen LogP contribution < -0.4 is 5.32 Å². The van der Waals surface area contributed by atoms with E-state index in [0.717, 1.165) is 30.7 Å². The van der Waals surface area contributed by atoms with Gasteiger partial charge in [0.05, 0.1) is 6.61 Å². The van der Waals surface area contributed by atoms with Crippen molar-refractivity contribution < 1.29 is 5.11 Å². The van der Waals surface area contributed by atoms with Crippen LogP contribution in [-0.2, 0) is 6.42 Å². The van der Waals surface area contributed by atoms with Crippen molar-refractivity contribution in [2.24, 2.45) is 0 Å². The Kier molecular flexibility index (Phi) is 2.46. The smallest absolute Gasteiger partial charge is 0.0613 e. The van der Waals surface area contributed by atoms with Crippen LogP contribution in [0.5, 0.6) is 0 Å². The predicted molar refractivity (Wildman–Crippen MR) is 64.7 cm³/mol. The summed E-state index contributed by atoms with van der Waals surface area (Å²) in [6.45, 7) is 0.249. The molecule has 0 heterocycles. The largest absolute Gasteiger partial charge is 0.394 e. The number of fused-ring (bicyclic) bond motifs is 1. The third-order valence-corrected chi connectivity index (χ3v) is 4.06. The molecule has 16 heavy (non-hydrogen) atoms. The third-order valence-electron chi connectivity index (χ3n) is 3.82. The van der Waals surface area contributed by atoms with Crippen LogP contribution in [0.2, 0.25) is 5.02 Å². The lowest BCUT2D eigenvalue weighted by Gasteiger charge is -2.21. The minimum absolute atomic E-state index is 0.00853. The van der Waals surface area contributed by atoms with Crippen molar-refractivity contribution in [1.29, 1.82) is 0 Å². The van der Waals surface area contributed by atoms with Crippen molar-refractivity contribution in [2.45, 2.75) is 37.3 Å². The molecule has 1 atom stereocenters. The van der Waals surface area contributed by atoms with E-state index in [4.69, 9.17) is 11.6 Å². The lowest BCUT2D eigenvalue weighted by molar-refractivity contribution is 0.218. The second-order valence-electron chi connectivity index (χ2n) is 5.02. The number of hydrogen-bond donors (Lipinski definition) is 2. The van der Waals surface area contributed by atoms with E-state index < -0.39 is 0 Å². The maximum atomic E-state index is 9.33. The van der Waals surface area contributed by atoms with E-state index >= 15 is 0 Å². The van der Waals surface area contributed by atoms with Crippen molar-refractivity contribution in [3.05, 3.63) is 34.3 Å². The van der Waals surface area contributed by atoms with Gasteiger partial charge in [0, 0.05) is 16.6 Å². The third kappa shape index (κ3) is 1.75. The van der Waals surface area contributed by atoms with Crippen molar-refractivity contribution in [3.8, 4) is 0 Å². The van der Waals surface area contributed by atoms with Crippen LogP contribution in [0.4, 0.5) is 0 Å². The summed E-state index contributed by atoms with van der Waals surface area (Å²) in [5.41, 5.74) is 2.73. The standard InChI is InChI=1S/C13H16ClNO/c14-10-3-1-9-2-4-12(11(9)7-10)15-13(8-16)5-6-13/h1,3,7,12,15-16H,2,4-6,8H2. The Morgan fingerprint density at radius 2 is 2.25 bits per heavy atom. The summed E-state index contributed by atoms with van der Waals surface area (Å²) in [4.78, 5) is 0. The summed E-state index contributed by atoms with van der Waals surface area (Å²) in [6, 6.07) is 6.53. The second-order valence-corrected chi connectivity index (χ2v) is 5.45. The van der Waals surface area contributed by atoms with Gasteiger partial charge in [-0.15, -0.1) is 0 Å². The quantitative estimate of drug-likeness (QED) is 0.847. The molecule has 86 valence electrons. The van der Waals surface area contributed by atoms with Crippen molar-refractivity contribution >= 4 is 11.6 Å². The van der Waals surface area contributed by atoms with E-state index in [1.165, 1.54) is 11.1 Å². The highest BCUT2D eigenvalue weighted by atomic mass is 35.5. The van der Waals surface area contributed by atoms with Crippen molar-refractivity contribution in [3.63, 3.8) is 0 Å². The zero-order valence-electron chi connectivity index (χ0n) is 9.17. The molecule has 3 rings (SSSR count). The summed E-state index contributed by atoms with van der Waals surface area (Å²) in [6.07, 6.45) is 4.43. The summed E-state index contributed by atoms with van der Waals surface area (Å²) in [7, 11) is 0. The van der Waals surface area contributed by atoms with Gasteiger partial charge < -0.3 is 10.4 Å². The van der Waals surface area contributed by atoms with Crippen LogP contribution in [-0.4, -0.2) is 17.3 Å². The van der Waals surface area contributed by atoms with E-state index in [2.05, 4.69) is 17.4 Å². The molecule has 2 nitrogen and oxygen atoms in total. The van der Waals surface area contributed by atoms with Gasteiger partial charge in [-0.1, -0.05) is 17.7 Å². The number of aliphatic hydroxyl groups excluding tert-OH is 1. The van der Waals surface area contributed by atoms with Crippen LogP contribution in [0.1, 0.15) is 36.4 Å². The molecule has 1 aromatic carbocycles. The minimum atomic E-state index is 0.00853. The SMILES string of the molecule is OCC1(NC2CCc3ccc(Cl)cc32)CC1. The fraction of sp³-hybridized carbons (Fsp3) is 0.538. The molecule has 0 saturated heterocycles. The zero-order valence-corrected chi connectivity index (χ0v) is 9.93. The molecule has 0 bridgehead atoms. The fourth-order valence-electron chi connectivity index (χ4n) is 2.59. The van der Waals surface area contributed by atoms with Gasteiger partial charge in [-0.25, -0.2) is 0 Å². The van der Waals surface area contributed by atoms with Crippen LogP contribution in [0.15, 0.2) is 18.2 Å². The first kappa shape index (κ1) is 10.6. The highest BCUT2D eigenvalue weighted by Gasteiger charge is 2.44. The molecule has 0 aliphatic heterocycles. The van der Waals surface area contributed by atoms with Gasteiger partial charge >= 0.3 is 0 Å². The summed E-state index contributed by atoms with van der Waals surface area (Å²) < 4.78 is 0. The molecule has 2 aliphatic carbocycles. The monoisotopic (exact) mass is 237 g/mol. The average molecular weight is 238 g/mol. The Hall–Kier alpha value is -0.570. The predicted octanol–water partition coefficient (Wildman–Crippen LogP) is 2.44. The van der Waals surface area contributed by atoms with Gasteiger partial charge in [-0.3, -0.25) is 0 Å². The highest BCUT2D eigenvalue weighted by molar-refractivity contribution is 6.30. The van der Waals surface area contributed by atoms with E-state index in [9.17, 15) is 5.11 Å². The molecular weight excluding hydrogens is 222 g/mol. The summed E-state index contributed by atoms with van der Waals surface area (Å²) in [5.74, 6) is 0. The van der Waals surface area contributed by atoms with Gasteiger partial charge in [-0.2, -0.15) is 0 Å². The zero-order chi connectivity index (χ0) is 11.2. The maximum Gasteiger partial charge on any atom is 0.0613 e. The van der Waals surface area contributed by atoms with Gasteiger partial charge in [0.1, 0.15) is 0 Å². The van der Waals surface area contributed by atoms with Crippen LogP contribution >= 0.6 is 11.6 Å². The number of aliphatic hydroxyl groups is 1. The van der Waals surface area contributed by atoms with Crippen molar-refractivity contribution in [2.75, 3.05) is 6.61 Å². The normalized spacial score (nSPS) is 25.5. The maximum absolute atomic E-state index is 9.33. The fourth-order valence-corrected chi connectivity index (χ4v) is 2.77. The second kappa shape index (κ2) is 3.73.